The van der Waals surface area contributed by atoms with Crippen molar-refractivity contribution in [1.29, 1.82) is 0 Å². The van der Waals surface area contributed by atoms with E-state index < -0.39 is 0 Å². The predicted molar refractivity (Wildman–Crippen MR) is 95.5 cm³/mol. The molecule has 0 aromatic heterocycles. The molecule has 2 rings (SSSR count). The van der Waals surface area contributed by atoms with Gasteiger partial charge in [-0.3, -0.25) is 9.69 Å². The molecule has 1 aliphatic heterocycles. The van der Waals surface area contributed by atoms with Gasteiger partial charge in [0.15, 0.2) is 0 Å². The first-order valence-electron chi connectivity index (χ1n) is 9.05. The lowest BCUT2D eigenvalue weighted by molar-refractivity contribution is 0.0953. The highest BCUT2D eigenvalue weighted by molar-refractivity contribution is 5.97. The summed E-state index contributed by atoms with van der Waals surface area (Å²) in [5.74, 6) is -0.0876. The molecule has 1 fully saturated rings. The highest BCUT2D eigenvalue weighted by Gasteiger charge is 2.23. The van der Waals surface area contributed by atoms with Gasteiger partial charge in [-0.1, -0.05) is 51.5 Å². The van der Waals surface area contributed by atoms with Gasteiger partial charge in [0.1, 0.15) is 6.61 Å². The number of anilines is 1. The number of rotatable bonds is 10. The van der Waals surface area contributed by atoms with Crippen molar-refractivity contribution >= 4 is 17.7 Å². The summed E-state index contributed by atoms with van der Waals surface area (Å²) in [6.07, 6.45) is 8.24. The van der Waals surface area contributed by atoms with E-state index in [0.717, 1.165) is 12.8 Å². The summed E-state index contributed by atoms with van der Waals surface area (Å²) in [5, 5.41) is 2.96. The smallest absolute Gasteiger partial charge is 0.414 e. The van der Waals surface area contributed by atoms with Gasteiger partial charge in [0, 0.05) is 17.8 Å². The molecule has 0 atom stereocenters. The number of unbranched alkanes of at least 4 members (excludes halogenated alkanes) is 6. The van der Waals surface area contributed by atoms with Crippen LogP contribution in [-0.4, -0.2) is 31.7 Å². The van der Waals surface area contributed by atoms with E-state index in [9.17, 15) is 9.59 Å². The van der Waals surface area contributed by atoms with E-state index in [1.54, 1.807) is 23.1 Å². The minimum atomic E-state index is -0.351. The van der Waals surface area contributed by atoms with Crippen molar-refractivity contribution < 1.29 is 14.3 Å². The van der Waals surface area contributed by atoms with Crippen LogP contribution in [0.5, 0.6) is 0 Å². The minimum absolute atomic E-state index is 0.0876. The molecule has 132 valence electrons. The largest absolute Gasteiger partial charge is 0.447 e. The molecule has 1 aromatic carbocycles. The molecule has 5 heteroatoms. The lowest BCUT2D eigenvalue weighted by atomic mass is 10.1. The number of amides is 2. The maximum absolute atomic E-state index is 12.2. The lowest BCUT2D eigenvalue weighted by Crippen LogP contribution is -2.26. The zero-order valence-electron chi connectivity index (χ0n) is 14.6. The Balaban J connectivity index is 1.71. The first-order valence-corrected chi connectivity index (χ1v) is 9.05. The van der Waals surface area contributed by atoms with Gasteiger partial charge in [-0.15, -0.1) is 0 Å². The summed E-state index contributed by atoms with van der Waals surface area (Å²) in [7, 11) is 0. The molecule has 2 amide bonds. The van der Waals surface area contributed by atoms with Crippen LogP contribution in [0, 0.1) is 0 Å². The van der Waals surface area contributed by atoms with E-state index >= 15 is 0 Å². The number of carbonyl (C=O) groups is 2. The molecule has 1 heterocycles. The molecule has 1 aliphatic rings. The van der Waals surface area contributed by atoms with Crippen LogP contribution in [0.4, 0.5) is 10.5 Å². The van der Waals surface area contributed by atoms with Gasteiger partial charge in [0.2, 0.25) is 0 Å². The summed E-state index contributed by atoms with van der Waals surface area (Å²) in [5.41, 5.74) is 1.29. The SMILES string of the molecule is CCCCCCCCCNC(=O)c1cccc(N2CCOC2=O)c1. The van der Waals surface area contributed by atoms with Crippen molar-refractivity contribution in [3.8, 4) is 0 Å². The molecule has 0 aliphatic carbocycles. The van der Waals surface area contributed by atoms with Crippen LogP contribution in [0.1, 0.15) is 62.2 Å². The Kier molecular flexibility index (Phi) is 7.59. The number of benzene rings is 1. The van der Waals surface area contributed by atoms with Crippen molar-refractivity contribution in [1.82, 2.24) is 5.32 Å². The number of cyclic esters (lactones) is 1. The predicted octanol–water partition coefficient (Wildman–Crippen LogP) is 4.12. The van der Waals surface area contributed by atoms with E-state index in [-0.39, 0.29) is 12.0 Å². The van der Waals surface area contributed by atoms with Crippen LogP contribution in [0.3, 0.4) is 0 Å². The zero-order valence-corrected chi connectivity index (χ0v) is 14.6. The van der Waals surface area contributed by atoms with Crippen molar-refractivity contribution in [2.24, 2.45) is 0 Å². The number of ether oxygens (including phenoxy) is 1. The quantitative estimate of drug-likeness (QED) is 0.656. The Labute approximate surface area is 144 Å². The average Bonchev–Trinajstić information content (AvgIpc) is 3.03. The maximum Gasteiger partial charge on any atom is 0.414 e. The molecule has 0 bridgehead atoms. The molecular formula is C19H28N2O3. The number of nitrogens with one attached hydrogen (secondary N) is 1. The number of carbonyl (C=O) groups excluding carboxylic acids is 2. The number of hydrogen-bond donors (Lipinski definition) is 1. The Morgan fingerprint density at radius 1 is 1.17 bits per heavy atom. The monoisotopic (exact) mass is 332 g/mol. The Hall–Kier alpha value is -2.04. The second kappa shape index (κ2) is 9.96. The van der Waals surface area contributed by atoms with Gasteiger partial charge in [0.05, 0.1) is 6.54 Å². The molecular weight excluding hydrogens is 304 g/mol. The summed E-state index contributed by atoms with van der Waals surface area (Å²) in [6.45, 7) is 3.84. The molecule has 1 saturated heterocycles. The van der Waals surface area contributed by atoms with Gasteiger partial charge in [-0.05, 0) is 24.6 Å². The van der Waals surface area contributed by atoms with Gasteiger partial charge < -0.3 is 10.1 Å². The van der Waals surface area contributed by atoms with Crippen molar-refractivity contribution in [2.45, 2.75) is 51.9 Å². The Morgan fingerprint density at radius 3 is 2.62 bits per heavy atom. The minimum Gasteiger partial charge on any atom is -0.447 e. The molecule has 0 spiro atoms. The molecule has 0 saturated carbocycles. The summed E-state index contributed by atoms with van der Waals surface area (Å²) < 4.78 is 4.93. The van der Waals surface area contributed by atoms with E-state index in [1.807, 2.05) is 6.07 Å². The fourth-order valence-corrected chi connectivity index (χ4v) is 2.83. The van der Waals surface area contributed by atoms with E-state index in [0.29, 0.717) is 30.9 Å². The lowest BCUT2D eigenvalue weighted by Gasteiger charge is -2.13. The Morgan fingerprint density at radius 2 is 1.92 bits per heavy atom. The van der Waals surface area contributed by atoms with Crippen molar-refractivity contribution in [3.05, 3.63) is 29.8 Å². The van der Waals surface area contributed by atoms with Gasteiger partial charge >= 0.3 is 6.09 Å². The van der Waals surface area contributed by atoms with Crippen LogP contribution >= 0.6 is 0 Å². The molecule has 1 N–H and O–H groups in total. The molecule has 1 aromatic rings. The van der Waals surface area contributed by atoms with Crippen molar-refractivity contribution in [3.63, 3.8) is 0 Å². The maximum atomic E-state index is 12.2. The second-order valence-corrected chi connectivity index (χ2v) is 6.19. The standard InChI is InChI=1S/C19H28N2O3/c1-2-3-4-5-6-7-8-12-20-18(22)16-10-9-11-17(15-16)21-13-14-24-19(21)23/h9-11,15H,2-8,12-14H2,1H3,(H,20,22). The average molecular weight is 332 g/mol. The van der Waals surface area contributed by atoms with E-state index in [4.69, 9.17) is 4.74 Å². The normalized spacial score (nSPS) is 13.9. The van der Waals surface area contributed by atoms with Crippen LogP contribution in [0.15, 0.2) is 24.3 Å². The first kappa shape index (κ1) is 18.3. The summed E-state index contributed by atoms with van der Waals surface area (Å²) >= 11 is 0. The summed E-state index contributed by atoms with van der Waals surface area (Å²) in [4.78, 5) is 25.4. The first-order chi connectivity index (χ1) is 11.7. The highest BCUT2D eigenvalue weighted by atomic mass is 16.6. The van der Waals surface area contributed by atoms with Crippen LogP contribution < -0.4 is 10.2 Å². The van der Waals surface area contributed by atoms with E-state index in [2.05, 4.69) is 12.2 Å². The third kappa shape index (κ3) is 5.55. The van der Waals surface area contributed by atoms with Crippen LogP contribution in [0.25, 0.3) is 0 Å². The third-order valence-corrected chi connectivity index (χ3v) is 4.25. The molecule has 5 nitrogen and oxygen atoms in total. The van der Waals surface area contributed by atoms with Gasteiger partial charge in [-0.25, -0.2) is 4.79 Å². The topological polar surface area (TPSA) is 58.6 Å². The van der Waals surface area contributed by atoms with Crippen LogP contribution in [0.2, 0.25) is 0 Å². The van der Waals surface area contributed by atoms with Gasteiger partial charge in [-0.2, -0.15) is 0 Å². The van der Waals surface area contributed by atoms with E-state index in [1.165, 1.54) is 32.1 Å². The zero-order chi connectivity index (χ0) is 17.2. The number of nitrogens with zero attached hydrogens (tertiary/aromatic N) is 1. The molecule has 0 unspecified atom stereocenters. The van der Waals surface area contributed by atoms with Gasteiger partial charge in [0.25, 0.3) is 5.91 Å². The Bertz CT molecular complexity index is 545. The number of hydrogen-bond acceptors (Lipinski definition) is 3. The fraction of sp³-hybridized carbons (Fsp3) is 0.579. The fourth-order valence-electron chi connectivity index (χ4n) is 2.83. The summed E-state index contributed by atoms with van der Waals surface area (Å²) in [6, 6.07) is 7.13. The highest BCUT2D eigenvalue weighted by Crippen LogP contribution is 2.20. The third-order valence-electron chi connectivity index (χ3n) is 4.25. The second-order valence-electron chi connectivity index (χ2n) is 6.19. The van der Waals surface area contributed by atoms with Crippen molar-refractivity contribution in [2.75, 3.05) is 24.6 Å². The molecule has 24 heavy (non-hydrogen) atoms. The van der Waals surface area contributed by atoms with Crippen LogP contribution in [-0.2, 0) is 4.74 Å². The molecule has 0 radical (unpaired) electrons.